The number of hydrogen-bond donors (Lipinski definition) is 1. The molecule has 0 fully saturated rings. The van der Waals surface area contributed by atoms with Crippen LogP contribution in [0.1, 0.15) is 17.3 Å². The first-order chi connectivity index (χ1) is 18.1. The van der Waals surface area contributed by atoms with Crippen LogP contribution >= 0.6 is 23.2 Å². The highest BCUT2D eigenvalue weighted by Crippen LogP contribution is 2.35. The van der Waals surface area contributed by atoms with E-state index in [1.807, 2.05) is 36.4 Å². The van der Waals surface area contributed by atoms with Crippen molar-refractivity contribution in [3.05, 3.63) is 94.3 Å². The number of aromatic nitrogens is 4. The van der Waals surface area contributed by atoms with Crippen LogP contribution in [0.2, 0.25) is 10.0 Å². The van der Waals surface area contributed by atoms with E-state index in [0.29, 0.717) is 51.2 Å². The normalized spacial score (nSPS) is 11.0. The van der Waals surface area contributed by atoms with Gasteiger partial charge < -0.3 is 24.1 Å². The third-order valence-corrected chi connectivity index (χ3v) is 6.05. The van der Waals surface area contributed by atoms with Gasteiger partial charge in [0.25, 0.3) is 5.89 Å². The van der Waals surface area contributed by atoms with Crippen molar-refractivity contribution < 1.29 is 18.7 Å². The maximum atomic E-state index is 6.14. The van der Waals surface area contributed by atoms with Crippen LogP contribution in [-0.2, 0) is 24.6 Å². The fourth-order valence-corrected chi connectivity index (χ4v) is 3.83. The van der Waals surface area contributed by atoms with Crippen molar-refractivity contribution in [2.75, 3.05) is 12.4 Å². The molecule has 2 heterocycles. The molecule has 0 saturated heterocycles. The molecule has 0 atom stereocenters. The van der Waals surface area contributed by atoms with Crippen LogP contribution in [0.25, 0.3) is 10.9 Å². The van der Waals surface area contributed by atoms with Gasteiger partial charge in [0, 0.05) is 17.1 Å². The van der Waals surface area contributed by atoms with E-state index in [1.54, 1.807) is 31.4 Å². The average Bonchev–Trinajstić information content (AvgIpc) is 3.37. The zero-order valence-corrected chi connectivity index (χ0v) is 21.2. The van der Waals surface area contributed by atoms with Gasteiger partial charge in [0.05, 0.1) is 29.3 Å². The summed E-state index contributed by atoms with van der Waals surface area (Å²) in [5.41, 5.74) is 2.44. The molecular weight excluding hydrogens is 517 g/mol. The standard InChI is InChI=1S/C26H21Cl2N5O4/c1-34-22-10-18-21(29-15-30-26(18)31-17-7-8-19(27)20(28)9-17)11-23(22)36-14-25-32-24(33-37-25)13-35-12-16-5-3-2-4-6-16/h2-11,15H,12-14H2,1H3,(H,29,30,31). The Morgan fingerprint density at radius 3 is 2.57 bits per heavy atom. The summed E-state index contributed by atoms with van der Waals surface area (Å²) in [6.45, 7) is 0.732. The first-order valence-corrected chi connectivity index (χ1v) is 12.0. The summed E-state index contributed by atoms with van der Waals surface area (Å²) >= 11 is 12.2. The smallest absolute Gasteiger partial charge is 0.264 e. The molecule has 3 aromatic carbocycles. The highest BCUT2D eigenvalue weighted by Gasteiger charge is 2.14. The number of rotatable bonds is 10. The molecule has 0 amide bonds. The van der Waals surface area contributed by atoms with Crippen LogP contribution in [0.3, 0.4) is 0 Å². The maximum Gasteiger partial charge on any atom is 0.264 e. The van der Waals surface area contributed by atoms with Gasteiger partial charge in [-0.1, -0.05) is 58.7 Å². The number of nitrogens with zero attached hydrogens (tertiary/aromatic N) is 4. The quantitative estimate of drug-likeness (QED) is 0.217. The zero-order chi connectivity index (χ0) is 25.6. The minimum Gasteiger partial charge on any atom is -0.493 e. The van der Waals surface area contributed by atoms with E-state index < -0.39 is 0 Å². The summed E-state index contributed by atoms with van der Waals surface area (Å²) in [4.78, 5) is 13.1. The van der Waals surface area contributed by atoms with Gasteiger partial charge in [-0.3, -0.25) is 0 Å². The van der Waals surface area contributed by atoms with E-state index in [-0.39, 0.29) is 13.2 Å². The molecule has 1 N–H and O–H groups in total. The molecule has 0 radical (unpaired) electrons. The second-order valence-corrected chi connectivity index (χ2v) is 8.68. The molecule has 11 heteroatoms. The fourth-order valence-electron chi connectivity index (χ4n) is 3.53. The number of benzene rings is 3. The number of nitrogens with one attached hydrogen (secondary N) is 1. The van der Waals surface area contributed by atoms with Crippen molar-refractivity contribution >= 4 is 45.6 Å². The average molecular weight is 538 g/mol. The van der Waals surface area contributed by atoms with Crippen LogP contribution in [0.4, 0.5) is 11.5 Å². The van der Waals surface area contributed by atoms with E-state index in [9.17, 15) is 0 Å². The van der Waals surface area contributed by atoms with Crippen molar-refractivity contribution in [1.82, 2.24) is 20.1 Å². The second kappa shape index (κ2) is 11.4. The Morgan fingerprint density at radius 2 is 1.76 bits per heavy atom. The van der Waals surface area contributed by atoms with Gasteiger partial charge in [-0.25, -0.2) is 9.97 Å². The second-order valence-electron chi connectivity index (χ2n) is 7.87. The minimum absolute atomic E-state index is 0.0486. The van der Waals surface area contributed by atoms with Crippen molar-refractivity contribution in [3.63, 3.8) is 0 Å². The summed E-state index contributed by atoms with van der Waals surface area (Å²) < 4.78 is 22.4. The lowest BCUT2D eigenvalue weighted by atomic mass is 10.2. The molecule has 0 saturated carbocycles. The topological polar surface area (TPSA) is 104 Å². The van der Waals surface area contributed by atoms with Gasteiger partial charge >= 0.3 is 0 Å². The third-order valence-electron chi connectivity index (χ3n) is 5.31. The van der Waals surface area contributed by atoms with E-state index in [1.165, 1.54) is 6.33 Å². The number of hydrogen-bond acceptors (Lipinski definition) is 9. The highest BCUT2D eigenvalue weighted by molar-refractivity contribution is 6.42. The molecule has 0 bridgehead atoms. The summed E-state index contributed by atoms with van der Waals surface area (Å²) in [5.74, 6) is 2.28. The van der Waals surface area contributed by atoms with E-state index >= 15 is 0 Å². The molecule has 5 rings (SSSR count). The largest absolute Gasteiger partial charge is 0.493 e. The number of anilines is 2. The van der Waals surface area contributed by atoms with Crippen molar-refractivity contribution in [1.29, 1.82) is 0 Å². The van der Waals surface area contributed by atoms with Gasteiger partial charge in [0.2, 0.25) is 0 Å². The number of ether oxygens (including phenoxy) is 3. The lowest BCUT2D eigenvalue weighted by Gasteiger charge is -2.13. The van der Waals surface area contributed by atoms with Crippen LogP contribution in [0.5, 0.6) is 11.5 Å². The summed E-state index contributed by atoms with van der Waals surface area (Å²) in [6, 6.07) is 18.6. The molecule has 37 heavy (non-hydrogen) atoms. The Hall–Kier alpha value is -3.92. The Bertz CT molecular complexity index is 1510. The van der Waals surface area contributed by atoms with Gasteiger partial charge in [-0.15, -0.1) is 0 Å². The lowest BCUT2D eigenvalue weighted by molar-refractivity contribution is 0.0999. The highest BCUT2D eigenvalue weighted by atomic mass is 35.5. The number of methoxy groups -OCH3 is 1. The van der Waals surface area contributed by atoms with Crippen molar-refractivity contribution in [3.8, 4) is 11.5 Å². The lowest BCUT2D eigenvalue weighted by Crippen LogP contribution is -2.01. The summed E-state index contributed by atoms with van der Waals surface area (Å²) in [6.07, 6.45) is 1.46. The zero-order valence-electron chi connectivity index (χ0n) is 19.6. The van der Waals surface area contributed by atoms with Crippen molar-refractivity contribution in [2.24, 2.45) is 0 Å². The maximum absolute atomic E-state index is 6.14. The predicted octanol–water partition coefficient (Wildman–Crippen LogP) is 6.37. The van der Waals surface area contributed by atoms with Gasteiger partial charge in [0.1, 0.15) is 18.8 Å². The van der Waals surface area contributed by atoms with Crippen LogP contribution in [-0.4, -0.2) is 27.2 Å². The minimum atomic E-state index is 0.0486. The Labute approximate surface area is 222 Å². The van der Waals surface area contributed by atoms with E-state index in [2.05, 4.69) is 25.4 Å². The Kier molecular flexibility index (Phi) is 7.65. The van der Waals surface area contributed by atoms with Crippen LogP contribution in [0, 0.1) is 0 Å². The third kappa shape index (κ3) is 6.08. The van der Waals surface area contributed by atoms with Gasteiger partial charge in [0.15, 0.2) is 23.9 Å². The Balaban J connectivity index is 1.26. The van der Waals surface area contributed by atoms with Crippen molar-refractivity contribution in [2.45, 2.75) is 19.8 Å². The fraction of sp³-hybridized carbons (Fsp3) is 0.154. The van der Waals surface area contributed by atoms with Gasteiger partial charge in [-0.05, 0) is 29.8 Å². The van der Waals surface area contributed by atoms with E-state index in [4.69, 9.17) is 41.9 Å². The van der Waals surface area contributed by atoms with Crippen LogP contribution in [0.15, 0.2) is 71.5 Å². The number of fused-ring (bicyclic) bond motifs is 1. The molecule has 0 spiro atoms. The van der Waals surface area contributed by atoms with Crippen LogP contribution < -0.4 is 14.8 Å². The molecule has 5 aromatic rings. The molecule has 188 valence electrons. The predicted molar refractivity (Wildman–Crippen MR) is 139 cm³/mol. The molecular formula is C26H21Cl2N5O4. The summed E-state index contributed by atoms with van der Waals surface area (Å²) in [7, 11) is 1.55. The summed E-state index contributed by atoms with van der Waals surface area (Å²) in [5, 5.41) is 8.82. The van der Waals surface area contributed by atoms with E-state index in [0.717, 1.165) is 16.6 Å². The monoisotopic (exact) mass is 537 g/mol. The molecule has 2 aromatic heterocycles. The number of halogens is 2. The van der Waals surface area contributed by atoms with Gasteiger partial charge in [-0.2, -0.15) is 4.98 Å². The molecule has 0 aliphatic heterocycles. The molecule has 9 nitrogen and oxygen atoms in total. The Morgan fingerprint density at radius 1 is 0.892 bits per heavy atom. The molecule has 0 unspecified atom stereocenters. The first kappa shape index (κ1) is 24.8. The first-order valence-electron chi connectivity index (χ1n) is 11.2. The molecule has 0 aliphatic carbocycles. The SMILES string of the molecule is COc1cc2c(Nc3ccc(Cl)c(Cl)c3)ncnc2cc1OCc1nc(COCc2ccccc2)no1. The molecule has 0 aliphatic rings.